The summed E-state index contributed by atoms with van der Waals surface area (Å²) in [4.78, 5) is 22.1. The van der Waals surface area contributed by atoms with E-state index in [1.54, 1.807) is 6.20 Å². The van der Waals surface area contributed by atoms with Crippen LogP contribution in [-0.4, -0.2) is 59.0 Å². The minimum absolute atomic E-state index is 0.175. The Bertz CT molecular complexity index is 613. The molecule has 29 heavy (non-hydrogen) atoms. The number of hydrogen-bond donors (Lipinski definition) is 1. The average molecular weight is 399 g/mol. The highest BCUT2D eigenvalue weighted by molar-refractivity contribution is 5.78. The number of aromatic nitrogens is 1. The maximum absolute atomic E-state index is 12.5. The van der Waals surface area contributed by atoms with Crippen LogP contribution in [-0.2, 0) is 11.3 Å². The standard InChI is InChI=1S/C24H38N4O/c29-24(26-19-20-6-5-13-25-18-20)21-9-14-27(15-10-21)23-11-16-28(17-12-23)22-7-3-1-2-4-8-22/h5-6,13,18,21-23H,1-4,7-12,14-17,19H2,(H,26,29). The third kappa shape index (κ3) is 5.79. The third-order valence-corrected chi connectivity index (χ3v) is 7.45. The van der Waals surface area contributed by atoms with E-state index >= 15 is 0 Å². The second kappa shape index (κ2) is 10.5. The fourth-order valence-electron chi connectivity index (χ4n) is 5.60. The van der Waals surface area contributed by atoms with E-state index in [0.717, 1.165) is 43.6 Å². The number of hydrogen-bond acceptors (Lipinski definition) is 4. The van der Waals surface area contributed by atoms with Gasteiger partial charge < -0.3 is 15.1 Å². The molecule has 0 aromatic carbocycles. The van der Waals surface area contributed by atoms with Crippen molar-refractivity contribution in [2.75, 3.05) is 26.2 Å². The molecule has 3 fully saturated rings. The molecule has 0 atom stereocenters. The molecule has 5 nitrogen and oxygen atoms in total. The van der Waals surface area contributed by atoms with Crippen molar-refractivity contribution in [3.05, 3.63) is 30.1 Å². The Balaban J connectivity index is 1.17. The average Bonchev–Trinajstić information content (AvgIpc) is 3.08. The highest BCUT2D eigenvalue weighted by atomic mass is 16.1. The van der Waals surface area contributed by atoms with Crippen LogP contribution in [0.25, 0.3) is 0 Å². The van der Waals surface area contributed by atoms with Crippen LogP contribution >= 0.6 is 0 Å². The lowest BCUT2D eigenvalue weighted by Crippen LogP contribution is -2.50. The van der Waals surface area contributed by atoms with Crippen LogP contribution in [0.1, 0.15) is 69.8 Å². The van der Waals surface area contributed by atoms with Crippen LogP contribution in [0.4, 0.5) is 0 Å². The summed E-state index contributed by atoms with van der Waals surface area (Å²) in [7, 11) is 0. The predicted molar refractivity (Wildman–Crippen MR) is 116 cm³/mol. The van der Waals surface area contributed by atoms with Gasteiger partial charge >= 0.3 is 0 Å². The largest absolute Gasteiger partial charge is 0.352 e. The molecule has 1 saturated carbocycles. The van der Waals surface area contributed by atoms with Gasteiger partial charge in [0.2, 0.25) is 5.91 Å². The molecule has 0 radical (unpaired) electrons. The van der Waals surface area contributed by atoms with Gasteiger partial charge in [0.15, 0.2) is 0 Å². The zero-order chi connectivity index (χ0) is 19.9. The summed E-state index contributed by atoms with van der Waals surface area (Å²) in [5.74, 6) is 0.394. The molecule has 1 aromatic rings. The Morgan fingerprint density at radius 3 is 2.14 bits per heavy atom. The lowest BCUT2D eigenvalue weighted by molar-refractivity contribution is -0.126. The zero-order valence-electron chi connectivity index (χ0n) is 17.9. The minimum Gasteiger partial charge on any atom is -0.352 e. The summed E-state index contributed by atoms with van der Waals surface area (Å²) >= 11 is 0. The molecule has 4 rings (SSSR count). The molecular weight excluding hydrogens is 360 g/mol. The number of carbonyl (C=O) groups excluding carboxylic acids is 1. The number of piperidine rings is 2. The summed E-state index contributed by atoms with van der Waals surface area (Å²) < 4.78 is 0. The number of likely N-dealkylation sites (tertiary alicyclic amines) is 2. The maximum atomic E-state index is 12.5. The number of pyridine rings is 1. The highest BCUT2D eigenvalue weighted by Crippen LogP contribution is 2.28. The Kier molecular flexibility index (Phi) is 7.55. The van der Waals surface area contributed by atoms with Crippen molar-refractivity contribution >= 4 is 5.91 Å². The molecule has 3 aliphatic rings. The van der Waals surface area contributed by atoms with Crippen LogP contribution in [0.3, 0.4) is 0 Å². The molecule has 1 aromatic heterocycles. The monoisotopic (exact) mass is 398 g/mol. The summed E-state index contributed by atoms with van der Waals surface area (Å²) in [6, 6.07) is 5.52. The van der Waals surface area contributed by atoms with Crippen molar-refractivity contribution in [1.29, 1.82) is 0 Å². The van der Waals surface area contributed by atoms with Crippen molar-refractivity contribution in [2.45, 2.75) is 82.8 Å². The van der Waals surface area contributed by atoms with Crippen LogP contribution in [0.5, 0.6) is 0 Å². The number of amides is 1. The molecule has 3 heterocycles. The second-order valence-corrected chi connectivity index (χ2v) is 9.30. The number of nitrogens with one attached hydrogen (secondary N) is 1. The maximum Gasteiger partial charge on any atom is 0.223 e. The Hall–Kier alpha value is -1.46. The van der Waals surface area contributed by atoms with Gasteiger partial charge in [-0.1, -0.05) is 31.7 Å². The topological polar surface area (TPSA) is 48.5 Å². The number of carbonyl (C=O) groups is 1. The zero-order valence-corrected chi connectivity index (χ0v) is 17.9. The predicted octanol–water partition coefficient (Wildman–Crippen LogP) is 3.60. The molecular formula is C24H38N4O. The van der Waals surface area contributed by atoms with E-state index in [1.807, 2.05) is 18.3 Å². The first kappa shape index (κ1) is 20.8. The van der Waals surface area contributed by atoms with Crippen LogP contribution in [0, 0.1) is 5.92 Å². The summed E-state index contributed by atoms with van der Waals surface area (Å²) in [6.07, 6.45) is 16.8. The Morgan fingerprint density at radius 2 is 1.52 bits per heavy atom. The first-order valence-corrected chi connectivity index (χ1v) is 11.9. The van der Waals surface area contributed by atoms with Gasteiger partial charge in [0, 0.05) is 36.9 Å². The van der Waals surface area contributed by atoms with Gasteiger partial charge in [-0.3, -0.25) is 9.78 Å². The van der Waals surface area contributed by atoms with Crippen molar-refractivity contribution in [1.82, 2.24) is 20.1 Å². The van der Waals surface area contributed by atoms with E-state index in [2.05, 4.69) is 20.1 Å². The second-order valence-electron chi connectivity index (χ2n) is 9.30. The van der Waals surface area contributed by atoms with E-state index in [4.69, 9.17) is 0 Å². The third-order valence-electron chi connectivity index (χ3n) is 7.45. The van der Waals surface area contributed by atoms with E-state index in [0.29, 0.717) is 6.54 Å². The highest BCUT2D eigenvalue weighted by Gasteiger charge is 2.32. The first-order chi connectivity index (χ1) is 14.3. The fourth-order valence-corrected chi connectivity index (χ4v) is 5.60. The lowest BCUT2D eigenvalue weighted by Gasteiger charge is -2.43. The number of nitrogens with zero attached hydrogens (tertiary/aromatic N) is 3. The van der Waals surface area contributed by atoms with Crippen LogP contribution in [0.2, 0.25) is 0 Å². The molecule has 1 N–H and O–H groups in total. The van der Waals surface area contributed by atoms with Crippen molar-refractivity contribution in [2.24, 2.45) is 5.92 Å². The molecule has 1 amide bonds. The minimum atomic E-state index is 0.175. The smallest absolute Gasteiger partial charge is 0.223 e. The fraction of sp³-hybridized carbons (Fsp3) is 0.750. The Labute approximate surface area is 176 Å². The normalized spacial score (nSPS) is 24.3. The van der Waals surface area contributed by atoms with Gasteiger partial charge in [0.25, 0.3) is 0 Å². The number of rotatable bonds is 5. The molecule has 0 bridgehead atoms. The van der Waals surface area contributed by atoms with Crippen LogP contribution in [0.15, 0.2) is 24.5 Å². The van der Waals surface area contributed by atoms with E-state index in [1.165, 1.54) is 64.5 Å². The van der Waals surface area contributed by atoms with E-state index < -0.39 is 0 Å². The van der Waals surface area contributed by atoms with Crippen molar-refractivity contribution in [3.8, 4) is 0 Å². The Morgan fingerprint density at radius 1 is 0.897 bits per heavy atom. The molecule has 0 unspecified atom stereocenters. The van der Waals surface area contributed by atoms with E-state index in [9.17, 15) is 4.79 Å². The molecule has 5 heteroatoms. The molecule has 2 saturated heterocycles. The molecule has 0 spiro atoms. The molecule has 160 valence electrons. The first-order valence-electron chi connectivity index (χ1n) is 11.9. The lowest BCUT2D eigenvalue weighted by atomic mass is 9.92. The van der Waals surface area contributed by atoms with Gasteiger partial charge in [-0.05, 0) is 76.3 Å². The van der Waals surface area contributed by atoms with Crippen molar-refractivity contribution in [3.63, 3.8) is 0 Å². The van der Waals surface area contributed by atoms with Gasteiger partial charge in [-0.15, -0.1) is 0 Å². The van der Waals surface area contributed by atoms with Gasteiger partial charge in [0.1, 0.15) is 0 Å². The van der Waals surface area contributed by atoms with Gasteiger partial charge in [0.05, 0.1) is 0 Å². The van der Waals surface area contributed by atoms with Gasteiger partial charge in [-0.2, -0.15) is 0 Å². The molecule has 2 aliphatic heterocycles. The SMILES string of the molecule is O=C(NCc1cccnc1)C1CCN(C2CCN(C3CCCCCC3)CC2)CC1. The van der Waals surface area contributed by atoms with Crippen LogP contribution < -0.4 is 5.32 Å². The summed E-state index contributed by atoms with van der Waals surface area (Å²) in [5, 5.41) is 3.11. The van der Waals surface area contributed by atoms with Crippen molar-refractivity contribution < 1.29 is 4.79 Å². The van der Waals surface area contributed by atoms with Gasteiger partial charge in [-0.25, -0.2) is 0 Å². The molecule has 1 aliphatic carbocycles. The summed E-state index contributed by atoms with van der Waals surface area (Å²) in [6.45, 7) is 5.31. The van der Waals surface area contributed by atoms with E-state index in [-0.39, 0.29) is 11.8 Å². The summed E-state index contributed by atoms with van der Waals surface area (Å²) in [5.41, 5.74) is 1.07. The quantitative estimate of drug-likeness (QED) is 0.770.